The zero-order valence-electron chi connectivity index (χ0n) is 17.4. The van der Waals surface area contributed by atoms with Crippen LogP contribution < -0.4 is 16.2 Å². The van der Waals surface area contributed by atoms with Crippen LogP contribution in [0.1, 0.15) is 52.5 Å². The van der Waals surface area contributed by atoms with E-state index in [1.165, 1.54) is 10.6 Å². The van der Waals surface area contributed by atoms with E-state index >= 15 is 0 Å². The molecule has 1 amide bonds. The van der Waals surface area contributed by atoms with E-state index < -0.39 is 11.5 Å². The third-order valence-corrected chi connectivity index (χ3v) is 5.12. The third-order valence-electron chi connectivity index (χ3n) is 5.12. The van der Waals surface area contributed by atoms with E-state index in [0.717, 1.165) is 25.1 Å². The van der Waals surface area contributed by atoms with E-state index in [9.17, 15) is 14.4 Å². The maximum atomic E-state index is 12.9. The average Bonchev–Trinajstić information content (AvgIpc) is 2.76. The molecule has 1 aromatic heterocycles. The molecule has 3 rings (SSSR count). The van der Waals surface area contributed by atoms with Crippen molar-refractivity contribution in [3.05, 3.63) is 69.6 Å². The fourth-order valence-corrected chi connectivity index (χ4v) is 3.54. The Morgan fingerprint density at radius 1 is 1.27 bits per heavy atom. The summed E-state index contributed by atoms with van der Waals surface area (Å²) in [5.74, 6) is -0.535. The number of Topliss-reactive ketones (excluding diaryl/α,β-unsaturated/α-hetero) is 1. The first-order valence-electron chi connectivity index (χ1n) is 10.5. The maximum Gasteiger partial charge on any atom is 0.263 e. The highest BCUT2D eigenvalue weighted by atomic mass is 16.5. The van der Waals surface area contributed by atoms with Crippen LogP contribution in [0, 0.1) is 0 Å². The van der Waals surface area contributed by atoms with Crippen LogP contribution in [0.4, 0.5) is 0 Å². The first-order chi connectivity index (χ1) is 14.6. The lowest BCUT2D eigenvalue weighted by Crippen LogP contribution is -2.38. The van der Waals surface area contributed by atoms with E-state index in [0.29, 0.717) is 38.1 Å². The molecule has 2 N–H and O–H groups in total. The number of morpholine rings is 1. The fourth-order valence-electron chi connectivity index (χ4n) is 3.54. The van der Waals surface area contributed by atoms with Gasteiger partial charge in [0.05, 0.1) is 19.3 Å². The normalized spacial score (nSPS) is 16.2. The van der Waals surface area contributed by atoms with Crippen molar-refractivity contribution < 1.29 is 14.3 Å². The Balaban J connectivity index is 1.78. The molecule has 0 aliphatic carbocycles. The topological polar surface area (TPSA) is 89.4 Å². The van der Waals surface area contributed by atoms with Crippen LogP contribution in [-0.2, 0) is 11.3 Å². The van der Waals surface area contributed by atoms with E-state index in [4.69, 9.17) is 4.74 Å². The summed E-state index contributed by atoms with van der Waals surface area (Å²) in [6.45, 7) is 4.86. The number of hydrogen-bond acceptors (Lipinski definition) is 5. The Kier molecular flexibility index (Phi) is 7.93. The molecule has 1 aliphatic rings. The Hall–Kier alpha value is -2.77. The number of rotatable bonds is 9. The van der Waals surface area contributed by atoms with Gasteiger partial charge < -0.3 is 19.9 Å². The second-order valence-corrected chi connectivity index (χ2v) is 7.43. The summed E-state index contributed by atoms with van der Waals surface area (Å²) in [5, 5.41) is 5.94. The van der Waals surface area contributed by atoms with Gasteiger partial charge in [-0.3, -0.25) is 14.4 Å². The molecule has 0 bridgehead atoms. The molecule has 2 aromatic rings. The number of aromatic nitrogens is 1. The number of carbonyl (C=O) groups is 2. The molecule has 2 heterocycles. The smallest absolute Gasteiger partial charge is 0.263 e. The standard InChI is InChI=1S/C23H29N3O4/c1-2-25-22(28)20-13-18(21(27)10-6-9-19-14-24-11-12-30-19)16-26(23(20)29)15-17-7-4-3-5-8-17/h3-5,7-8,13,16,19,24H,2,6,9-12,14-15H2,1H3,(H,25,28)/t19-/m1/s1. The summed E-state index contributed by atoms with van der Waals surface area (Å²) < 4.78 is 7.12. The van der Waals surface area contributed by atoms with Crippen LogP contribution in [-0.4, -0.2) is 48.6 Å². The highest BCUT2D eigenvalue weighted by Crippen LogP contribution is 2.12. The van der Waals surface area contributed by atoms with Crippen molar-refractivity contribution in [1.82, 2.24) is 15.2 Å². The van der Waals surface area contributed by atoms with E-state index in [2.05, 4.69) is 10.6 Å². The van der Waals surface area contributed by atoms with Crippen molar-refractivity contribution in [1.29, 1.82) is 0 Å². The number of nitrogens with zero attached hydrogens (tertiary/aromatic N) is 1. The minimum absolute atomic E-state index is 0.00144. The molecule has 1 saturated heterocycles. The second-order valence-electron chi connectivity index (χ2n) is 7.43. The third kappa shape index (κ3) is 5.87. The maximum absolute atomic E-state index is 12.9. The van der Waals surface area contributed by atoms with Crippen molar-refractivity contribution in [2.75, 3.05) is 26.2 Å². The number of nitrogens with one attached hydrogen (secondary N) is 2. The molecule has 7 nitrogen and oxygen atoms in total. The van der Waals surface area contributed by atoms with Gasteiger partial charge in [-0.1, -0.05) is 30.3 Å². The van der Waals surface area contributed by atoms with Gasteiger partial charge in [-0.2, -0.15) is 0 Å². The lowest BCUT2D eigenvalue weighted by Gasteiger charge is -2.23. The molecule has 1 aliphatic heterocycles. The van der Waals surface area contributed by atoms with Crippen molar-refractivity contribution in [2.45, 2.75) is 38.8 Å². The molecule has 0 radical (unpaired) electrons. The number of hydrogen-bond donors (Lipinski definition) is 2. The quantitative estimate of drug-likeness (QED) is 0.616. The number of ether oxygens (including phenoxy) is 1. The van der Waals surface area contributed by atoms with Crippen LogP contribution in [0.5, 0.6) is 0 Å². The van der Waals surface area contributed by atoms with Crippen LogP contribution in [0.3, 0.4) is 0 Å². The Bertz CT molecular complexity index is 918. The largest absolute Gasteiger partial charge is 0.376 e. The van der Waals surface area contributed by atoms with Crippen LogP contribution in [0.2, 0.25) is 0 Å². The first-order valence-corrected chi connectivity index (χ1v) is 10.5. The lowest BCUT2D eigenvalue weighted by molar-refractivity contribution is 0.0222. The first kappa shape index (κ1) is 21.9. The molecule has 1 fully saturated rings. The minimum Gasteiger partial charge on any atom is -0.376 e. The van der Waals surface area contributed by atoms with E-state index in [1.54, 1.807) is 13.1 Å². The Morgan fingerprint density at radius 3 is 2.77 bits per heavy atom. The average molecular weight is 412 g/mol. The predicted octanol–water partition coefficient (Wildman–Crippen LogP) is 1.99. The summed E-state index contributed by atoms with van der Waals surface area (Å²) in [5.41, 5.74) is 0.906. The van der Waals surface area contributed by atoms with Crippen molar-refractivity contribution in [2.24, 2.45) is 0 Å². The second kappa shape index (κ2) is 10.8. The minimum atomic E-state index is -0.458. The number of benzene rings is 1. The molecular weight excluding hydrogens is 382 g/mol. The molecule has 0 unspecified atom stereocenters. The molecule has 7 heteroatoms. The zero-order chi connectivity index (χ0) is 21.3. The molecule has 30 heavy (non-hydrogen) atoms. The van der Waals surface area contributed by atoms with Crippen molar-refractivity contribution >= 4 is 11.7 Å². The number of carbonyl (C=O) groups excluding carboxylic acids is 2. The van der Waals surface area contributed by atoms with Crippen LogP contribution in [0.15, 0.2) is 47.4 Å². The van der Waals surface area contributed by atoms with Crippen molar-refractivity contribution in [3.63, 3.8) is 0 Å². The zero-order valence-corrected chi connectivity index (χ0v) is 17.4. The highest BCUT2D eigenvalue weighted by Gasteiger charge is 2.18. The Morgan fingerprint density at radius 2 is 2.07 bits per heavy atom. The Labute approximate surface area is 176 Å². The molecule has 1 aromatic carbocycles. The molecular formula is C23H29N3O4. The van der Waals surface area contributed by atoms with Gasteiger partial charge in [0.25, 0.3) is 11.5 Å². The summed E-state index contributed by atoms with van der Waals surface area (Å²) in [7, 11) is 0. The van der Waals surface area contributed by atoms with Gasteiger partial charge in [-0.05, 0) is 31.4 Å². The predicted molar refractivity (Wildman–Crippen MR) is 115 cm³/mol. The summed E-state index contributed by atoms with van der Waals surface area (Å²) in [6, 6.07) is 10.9. The van der Waals surface area contributed by atoms with Gasteiger partial charge in [0.1, 0.15) is 5.56 Å². The van der Waals surface area contributed by atoms with Gasteiger partial charge in [-0.15, -0.1) is 0 Å². The highest BCUT2D eigenvalue weighted by molar-refractivity contribution is 6.00. The number of amides is 1. The van der Waals surface area contributed by atoms with E-state index in [-0.39, 0.29) is 17.5 Å². The fraction of sp³-hybridized carbons (Fsp3) is 0.435. The van der Waals surface area contributed by atoms with E-state index in [1.807, 2.05) is 30.3 Å². The SMILES string of the molecule is CCNC(=O)c1cc(C(=O)CCC[C@@H]2CNCCO2)cn(Cc2ccccc2)c1=O. The van der Waals surface area contributed by atoms with Gasteiger partial charge in [0.15, 0.2) is 5.78 Å². The summed E-state index contributed by atoms with van der Waals surface area (Å²) in [6.07, 6.45) is 3.53. The lowest BCUT2D eigenvalue weighted by atomic mass is 10.0. The molecule has 0 spiro atoms. The number of pyridine rings is 1. The van der Waals surface area contributed by atoms with Crippen LogP contribution >= 0.6 is 0 Å². The van der Waals surface area contributed by atoms with Gasteiger partial charge in [0, 0.05) is 37.8 Å². The summed E-state index contributed by atoms with van der Waals surface area (Å²) >= 11 is 0. The van der Waals surface area contributed by atoms with Gasteiger partial charge in [0.2, 0.25) is 0 Å². The molecule has 0 saturated carbocycles. The van der Waals surface area contributed by atoms with Crippen LogP contribution in [0.25, 0.3) is 0 Å². The van der Waals surface area contributed by atoms with Gasteiger partial charge >= 0.3 is 0 Å². The monoisotopic (exact) mass is 411 g/mol. The summed E-state index contributed by atoms with van der Waals surface area (Å²) in [4.78, 5) is 38.1. The van der Waals surface area contributed by atoms with Crippen molar-refractivity contribution in [3.8, 4) is 0 Å². The number of ketones is 1. The molecule has 1 atom stereocenters. The molecule has 160 valence electrons. The van der Waals surface area contributed by atoms with Gasteiger partial charge in [-0.25, -0.2) is 0 Å².